The average molecular weight is 248 g/mol. The van der Waals surface area contributed by atoms with Crippen LogP contribution in [0.15, 0.2) is 42.6 Å². The normalized spacial score (nSPS) is 10.6. The maximum absolute atomic E-state index is 12.7. The van der Waals surface area contributed by atoms with Crippen LogP contribution in [-0.4, -0.2) is 10.8 Å². The van der Waals surface area contributed by atoms with Crippen LogP contribution in [0, 0.1) is 0 Å². The van der Waals surface area contributed by atoms with Crippen LogP contribution in [0.5, 0.6) is 0 Å². The summed E-state index contributed by atoms with van der Waals surface area (Å²) in [6.07, 6.45) is -1.24. The number of ketones is 1. The zero-order chi connectivity index (χ0) is 13.1. The van der Waals surface area contributed by atoms with E-state index in [9.17, 15) is 13.6 Å². The van der Waals surface area contributed by atoms with Crippen molar-refractivity contribution in [3.63, 3.8) is 0 Å². The number of anilines is 1. The molecular formula is C13H10F2N2O. The molecule has 0 saturated heterocycles. The standard InChI is InChI=1S/C13H10F2N2O/c14-13(15)9-7-8(4-5-10(9)16)12(18)11-3-1-2-6-17-11/h1-7,13H,16H2. The molecule has 0 bridgehead atoms. The molecule has 0 aliphatic rings. The molecule has 92 valence electrons. The summed E-state index contributed by atoms with van der Waals surface area (Å²) >= 11 is 0. The molecule has 0 saturated carbocycles. The summed E-state index contributed by atoms with van der Waals surface area (Å²) in [7, 11) is 0. The van der Waals surface area contributed by atoms with Gasteiger partial charge in [-0.15, -0.1) is 0 Å². The Morgan fingerprint density at radius 2 is 2.00 bits per heavy atom. The van der Waals surface area contributed by atoms with Crippen LogP contribution in [-0.2, 0) is 0 Å². The van der Waals surface area contributed by atoms with Crippen molar-refractivity contribution >= 4 is 11.5 Å². The highest BCUT2D eigenvalue weighted by Crippen LogP contribution is 2.26. The summed E-state index contributed by atoms with van der Waals surface area (Å²) in [6.45, 7) is 0. The van der Waals surface area contributed by atoms with Crippen LogP contribution in [0.1, 0.15) is 28.0 Å². The van der Waals surface area contributed by atoms with Gasteiger partial charge in [0.25, 0.3) is 6.43 Å². The van der Waals surface area contributed by atoms with Gasteiger partial charge in [-0.25, -0.2) is 8.78 Å². The summed E-state index contributed by atoms with van der Waals surface area (Å²) in [5.74, 6) is -0.405. The van der Waals surface area contributed by atoms with Gasteiger partial charge in [-0.1, -0.05) is 6.07 Å². The van der Waals surface area contributed by atoms with Gasteiger partial charge in [-0.3, -0.25) is 9.78 Å². The number of hydrogen-bond acceptors (Lipinski definition) is 3. The third-order valence-electron chi connectivity index (χ3n) is 2.48. The fraction of sp³-hybridized carbons (Fsp3) is 0.0769. The van der Waals surface area contributed by atoms with E-state index >= 15 is 0 Å². The molecule has 0 amide bonds. The summed E-state index contributed by atoms with van der Waals surface area (Å²) in [5, 5.41) is 0. The Kier molecular flexibility index (Phi) is 3.32. The summed E-state index contributed by atoms with van der Waals surface area (Å²) < 4.78 is 25.3. The van der Waals surface area contributed by atoms with Crippen LogP contribution in [0.3, 0.4) is 0 Å². The Morgan fingerprint density at radius 1 is 1.22 bits per heavy atom. The van der Waals surface area contributed by atoms with Crippen LogP contribution >= 0.6 is 0 Å². The Bertz CT molecular complexity index is 570. The van der Waals surface area contributed by atoms with Gasteiger partial charge >= 0.3 is 0 Å². The van der Waals surface area contributed by atoms with Crippen LogP contribution < -0.4 is 5.73 Å². The van der Waals surface area contributed by atoms with E-state index in [1.165, 1.54) is 24.4 Å². The van der Waals surface area contributed by atoms with Crippen molar-refractivity contribution in [3.05, 3.63) is 59.4 Å². The molecule has 0 spiro atoms. The van der Waals surface area contributed by atoms with Crippen molar-refractivity contribution in [1.82, 2.24) is 4.98 Å². The zero-order valence-corrected chi connectivity index (χ0v) is 9.31. The fourth-order valence-corrected chi connectivity index (χ4v) is 1.55. The van der Waals surface area contributed by atoms with Crippen LogP contribution in [0.2, 0.25) is 0 Å². The Hall–Kier alpha value is -2.30. The largest absolute Gasteiger partial charge is 0.398 e. The van der Waals surface area contributed by atoms with Crippen molar-refractivity contribution in [2.45, 2.75) is 6.43 Å². The second kappa shape index (κ2) is 4.91. The van der Waals surface area contributed by atoms with Crippen molar-refractivity contribution < 1.29 is 13.6 Å². The van der Waals surface area contributed by atoms with Crippen molar-refractivity contribution in [1.29, 1.82) is 0 Å². The van der Waals surface area contributed by atoms with Gasteiger partial charge in [0.2, 0.25) is 5.78 Å². The molecule has 1 aromatic carbocycles. The zero-order valence-electron chi connectivity index (χ0n) is 9.31. The highest BCUT2D eigenvalue weighted by Gasteiger charge is 2.16. The van der Waals surface area contributed by atoms with E-state index in [1.807, 2.05) is 0 Å². The molecule has 0 aliphatic heterocycles. The third kappa shape index (κ3) is 2.34. The summed E-state index contributed by atoms with van der Waals surface area (Å²) in [6, 6.07) is 8.68. The highest BCUT2D eigenvalue weighted by atomic mass is 19.3. The van der Waals surface area contributed by atoms with E-state index in [4.69, 9.17) is 5.73 Å². The predicted molar refractivity (Wildman–Crippen MR) is 63.5 cm³/mol. The molecule has 18 heavy (non-hydrogen) atoms. The number of carbonyl (C=O) groups excluding carboxylic acids is 1. The van der Waals surface area contributed by atoms with Gasteiger partial charge in [-0.2, -0.15) is 0 Å². The van der Waals surface area contributed by atoms with E-state index in [1.54, 1.807) is 12.1 Å². The van der Waals surface area contributed by atoms with Gasteiger partial charge in [0.15, 0.2) is 0 Å². The van der Waals surface area contributed by atoms with Gasteiger partial charge in [-0.05, 0) is 30.3 Å². The third-order valence-corrected chi connectivity index (χ3v) is 2.48. The number of aromatic nitrogens is 1. The second-order valence-corrected chi connectivity index (χ2v) is 3.69. The fourth-order valence-electron chi connectivity index (χ4n) is 1.55. The lowest BCUT2D eigenvalue weighted by Gasteiger charge is -2.07. The minimum atomic E-state index is -2.71. The van der Waals surface area contributed by atoms with E-state index in [0.717, 1.165) is 6.07 Å². The molecule has 2 aromatic rings. The van der Waals surface area contributed by atoms with Gasteiger partial charge in [0.05, 0.1) is 0 Å². The van der Waals surface area contributed by atoms with Crippen molar-refractivity contribution in [2.75, 3.05) is 5.73 Å². The summed E-state index contributed by atoms with van der Waals surface area (Å²) in [4.78, 5) is 15.9. The van der Waals surface area contributed by atoms with Gasteiger partial charge in [0.1, 0.15) is 5.69 Å². The lowest BCUT2D eigenvalue weighted by atomic mass is 10.0. The van der Waals surface area contributed by atoms with Crippen molar-refractivity contribution in [2.24, 2.45) is 0 Å². The number of hydrogen-bond donors (Lipinski definition) is 1. The number of nitrogen functional groups attached to an aromatic ring is 1. The Morgan fingerprint density at radius 3 is 2.61 bits per heavy atom. The average Bonchev–Trinajstić information content (AvgIpc) is 2.39. The molecule has 0 atom stereocenters. The summed E-state index contributed by atoms with van der Waals surface area (Å²) in [5.41, 5.74) is 5.42. The number of nitrogens with two attached hydrogens (primary N) is 1. The Labute approximate surface area is 102 Å². The van der Waals surface area contributed by atoms with Crippen LogP contribution in [0.4, 0.5) is 14.5 Å². The molecule has 0 unspecified atom stereocenters. The first-order valence-electron chi connectivity index (χ1n) is 5.23. The number of benzene rings is 1. The predicted octanol–water partition coefficient (Wildman–Crippen LogP) is 2.83. The molecule has 2 N–H and O–H groups in total. The molecule has 1 heterocycles. The van der Waals surface area contributed by atoms with E-state index in [2.05, 4.69) is 4.98 Å². The molecule has 2 rings (SSSR count). The van der Waals surface area contributed by atoms with E-state index < -0.39 is 12.2 Å². The second-order valence-electron chi connectivity index (χ2n) is 3.69. The molecule has 3 nitrogen and oxygen atoms in total. The van der Waals surface area contributed by atoms with Crippen LogP contribution in [0.25, 0.3) is 0 Å². The number of halogens is 2. The maximum atomic E-state index is 12.7. The van der Waals surface area contributed by atoms with Crippen molar-refractivity contribution in [3.8, 4) is 0 Å². The molecular weight excluding hydrogens is 238 g/mol. The van der Waals surface area contributed by atoms with Gasteiger partial charge < -0.3 is 5.73 Å². The first-order valence-corrected chi connectivity index (χ1v) is 5.23. The number of pyridine rings is 1. The number of alkyl halides is 2. The van der Waals surface area contributed by atoms with E-state index in [0.29, 0.717) is 0 Å². The van der Waals surface area contributed by atoms with E-state index in [-0.39, 0.29) is 22.5 Å². The lowest BCUT2D eigenvalue weighted by molar-refractivity contribution is 0.103. The SMILES string of the molecule is Nc1ccc(C(=O)c2ccccn2)cc1C(F)F. The molecule has 1 aromatic heterocycles. The smallest absolute Gasteiger partial charge is 0.265 e. The molecule has 0 fully saturated rings. The molecule has 5 heteroatoms. The minimum Gasteiger partial charge on any atom is -0.398 e. The number of carbonyl (C=O) groups is 1. The number of nitrogens with zero attached hydrogens (tertiary/aromatic N) is 1. The maximum Gasteiger partial charge on any atom is 0.265 e. The minimum absolute atomic E-state index is 0.0254. The molecule has 0 aliphatic carbocycles. The monoisotopic (exact) mass is 248 g/mol. The first-order chi connectivity index (χ1) is 8.59. The lowest BCUT2D eigenvalue weighted by Crippen LogP contribution is -2.05. The Balaban J connectivity index is 2.41. The highest BCUT2D eigenvalue weighted by molar-refractivity contribution is 6.07. The first kappa shape index (κ1) is 12.2. The topological polar surface area (TPSA) is 56.0 Å². The molecule has 0 radical (unpaired) electrons. The quantitative estimate of drug-likeness (QED) is 0.671. The van der Waals surface area contributed by atoms with Gasteiger partial charge in [0, 0.05) is 23.0 Å². The number of rotatable bonds is 3.